The number of aromatic amines is 1. The summed E-state index contributed by atoms with van der Waals surface area (Å²) in [6.07, 6.45) is 3.12. The first-order chi connectivity index (χ1) is 16.5. The summed E-state index contributed by atoms with van der Waals surface area (Å²) in [7, 11) is 0. The number of thioether (sulfide) groups is 1. The maximum atomic E-state index is 14.0. The van der Waals surface area contributed by atoms with E-state index in [-0.39, 0.29) is 17.2 Å². The molecular weight excluding hydrogens is 453 g/mol. The van der Waals surface area contributed by atoms with Crippen molar-refractivity contribution < 1.29 is 13.9 Å². The van der Waals surface area contributed by atoms with E-state index < -0.39 is 11.8 Å². The highest BCUT2D eigenvalue weighted by molar-refractivity contribution is 7.98. The number of nitrogens with zero attached hydrogens (tertiary/aromatic N) is 1. The summed E-state index contributed by atoms with van der Waals surface area (Å²) in [4.78, 5) is 33.8. The van der Waals surface area contributed by atoms with Crippen LogP contribution in [0.5, 0.6) is 5.75 Å². The first kappa shape index (κ1) is 22.4. The van der Waals surface area contributed by atoms with Crippen molar-refractivity contribution in [3.05, 3.63) is 93.2 Å². The lowest BCUT2D eigenvalue weighted by atomic mass is 9.72. The molecule has 1 aliphatic heterocycles. The molecule has 0 unspecified atom stereocenters. The summed E-state index contributed by atoms with van der Waals surface area (Å²) in [5.41, 5.74) is 2.32. The number of benzene rings is 2. The summed E-state index contributed by atoms with van der Waals surface area (Å²) in [6, 6.07) is 14.1. The Morgan fingerprint density at radius 1 is 1.12 bits per heavy atom. The minimum atomic E-state index is -0.459. The maximum absolute atomic E-state index is 14.0. The molecule has 2 atom stereocenters. The van der Waals surface area contributed by atoms with E-state index in [0.29, 0.717) is 47.3 Å². The Bertz CT molecular complexity index is 1320. The van der Waals surface area contributed by atoms with Gasteiger partial charge in [-0.1, -0.05) is 48.2 Å². The topological polar surface area (TPSA) is 84.1 Å². The van der Waals surface area contributed by atoms with Gasteiger partial charge in [0.15, 0.2) is 5.16 Å². The zero-order valence-corrected chi connectivity index (χ0v) is 19.5. The van der Waals surface area contributed by atoms with Crippen LogP contribution in [0.2, 0.25) is 0 Å². The lowest BCUT2D eigenvalue weighted by Crippen LogP contribution is -2.38. The van der Waals surface area contributed by atoms with Gasteiger partial charge in [0.2, 0.25) is 0 Å². The predicted octanol–water partition coefficient (Wildman–Crippen LogP) is 5.02. The number of nitrogens with one attached hydrogen (secondary N) is 2. The second-order valence-electron chi connectivity index (χ2n) is 8.26. The average Bonchev–Trinajstić information content (AvgIpc) is 2.83. The number of aromatic nitrogens is 2. The molecule has 5 rings (SSSR count). The van der Waals surface area contributed by atoms with Crippen LogP contribution in [0.25, 0.3) is 0 Å². The second kappa shape index (κ2) is 9.46. The number of ether oxygens (including phenoxy) is 1. The highest BCUT2D eigenvalue weighted by Gasteiger charge is 2.42. The molecule has 2 heterocycles. The van der Waals surface area contributed by atoms with Crippen LogP contribution in [0, 0.1) is 11.7 Å². The molecule has 2 aromatic carbocycles. The molecule has 0 spiro atoms. The first-order valence-corrected chi connectivity index (χ1v) is 12.3. The smallest absolute Gasteiger partial charge is 0.257 e. The number of anilines is 1. The van der Waals surface area contributed by atoms with Crippen LogP contribution >= 0.6 is 11.8 Å². The number of halogens is 1. The van der Waals surface area contributed by atoms with Gasteiger partial charge in [-0.3, -0.25) is 9.59 Å². The Morgan fingerprint density at radius 2 is 1.91 bits per heavy atom. The molecule has 0 saturated heterocycles. The molecule has 34 heavy (non-hydrogen) atoms. The van der Waals surface area contributed by atoms with E-state index in [1.165, 1.54) is 17.8 Å². The van der Waals surface area contributed by atoms with E-state index in [1.807, 2.05) is 37.3 Å². The molecule has 1 aromatic heterocycles. The van der Waals surface area contributed by atoms with Crippen molar-refractivity contribution in [3.8, 4) is 5.75 Å². The number of rotatable bonds is 6. The standard InChI is InChI=1S/C26H24FN3O3S/c1-2-33-17-12-10-15(11-13-17)21-22-19(8-5-9-20(22)31)28-24-23(21)25(32)30-26(29-24)34-14-16-6-3-4-7-18(16)27/h3-4,6-8,10-13,21-22H,2,5,9,14H2,1H3,(H2,28,29,30,32)/t21-,22-/m1/s1. The number of Topliss-reactive ketones (excluding diaryl/α,β-unsaturated/α-hetero) is 1. The van der Waals surface area contributed by atoms with Gasteiger partial charge < -0.3 is 15.0 Å². The molecule has 0 saturated carbocycles. The number of carbonyl (C=O) groups excluding carboxylic acids is 1. The zero-order chi connectivity index (χ0) is 23.7. The molecule has 174 valence electrons. The molecule has 0 radical (unpaired) electrons. The van der Waals surface area contributed by atoms with Crippen LogP contribution in [-0.2, 0) is 10.5 Å². The number of H-pyrrole nitrogens is 1. The Morgan fingerprint density at radius 3 is 2.68 bits per heavy atom. The van der Waals surface area contributed by atoms with E-state index in [1.54, 1.807) is 18.2 Å². The Kier molecular flexibility index (Phi) is 6.24. The molecule has 0 amide bonds. The van der Waals surface area contributed by atoms with Gasteiger partial charge in [-0.2, -0.15) is 0 Å². The summed E-state index contributed by atoms with van der Waals surface area (Å²) in [5.74, 6) is 0.408. The van der Waals surface area contributed by atoms with Crippen molar-refractivity contribution in [1.82, 2.24) is 9.97 Å². The Balaban J connectivity index is 1.54. The van der Waals surface area contributed by atoms with Crippen molar-refractivity contribution in [1.29, 1.82) is 0 Å². The summed E-state index contributed by atoms with van der Waals surface area (Å²) >= 11 is 1.26. The van der Waals surface area contributed by atoms with Gasteiger partial charge in [0, 0.05) is 23.8 Å². The molecular formula is C26H24FN3O3S. The molecule has 0 bridgehead atoms. The van der Waals surface area contributed by atoms with Crippen LogP contribution in [0.4, 0.5) is 10.2 Å². The monoisotopic (exact) mass is 477 g/mol. The summed E-state index contributed by atoms with van der Waals surface area (Å²) in [5, 5.41) is 3.64. The fourth-order valence-electron chi connectivity index (χ4n) is 4.60. The lowest BCUT2D eigenvalue weighted by Gasteiger charge is -2.36. The number of allylic oxidation sites excluding steroid dienone is 2. The fraction of sp³-hybridized carbons (Fsp3) is 0.269. The zero-order valence-electron chi connectivity index (χ0n) is 18.6. The number of hydrogen-bond donors (Lipinski definition) is 2. The van der Waals surface area contributed by atoms with Crippen LogP contribution < -0.4 is 15.6 Å². The largest absolute Gasteiger partial charge is 0.494 e. The van der Waals surface area contributed by atoms with Gasteiger partial charge >= 0.3 is 0 Å². The van der Waals surface area contributed by atoms with Crippen molar-refractivity contribution in [2.45, 2.75) is 36.6 Å². The van der Waals surface area contributed by atoms with Crippen molar-refractivity contribution in [3.63, 3.8) is 0 Å². The Hall–Kier alpha value is -3.39. The van der Waals surface area contributed by atoms with Crippen molar-refractivity contribution in [2.75, 3.05) is 11.9 Å². The first-order valence-electron chi connectivity index (χ1n) is 11.3. The van der Waals surface area contributed by atoms with E-state index in [9.17, 15) is 14.0 Å². The normalized spacial score (nSPS) is 19.0. The summed E-state index contributed by atoms with van der Waals surface area (Å²) < 4.78 is 19.6. The third-order valence-corrected chi connectivity index (χ3v) is 7.07. The SMILES string of the molecule is CCOc1ccc([C@H]2c3c(nc(SCc4ccccc4F)[nH]c3=O)NC3=CCCC(=O)[C@@H]32)cc1. The lowest BCUT2D eigenvalue weighted by molar-refractivity contribution is -0.122. The number of hydrogen-bond acceptors (Lipinski definition) is 6. The van der Waals surface area contributed by atoms with E-state index in [0.717, 1.165) is 17.0 Å². The molecule has 1 aliphatic carbocycles. The Labute approximate surface area is 200 Å². The molecule has 3 aromatic rings. The van der Waals surface area contributed by atoms with E-state index >= 15 is 0 Å². The highest BCUT2D eigenvalue weighted by atomic mass is 32.2. The van der Waals surface area contributed by atoms with Gasteiger partial charge in [-0.25, -0.2) is 9.37 Å². The van der Waals surface area contributed by atoms with Gasteiger partial charge in [0.25, 0.3) is 5.56 Å². The van der Waals surface area contributed by atoms with Crippen LogP contribution in [0.1, 0.15) is 42.4 Å². The van der Waals surface area contributed by atoms with Gasteiger partial charge in [-0.15, -0.1) is 0 Å². The molecule has 8 heteroatoms. The van der Waals surface area contributed by atoms with E-state index in [4.69, 9.17) is 4.74 Å². The van der Waals surface area contributed by atoms with Gasteiger partial charge in [0.05, 0.1) is 18.1 Å². The molecule has 2 N–H and O–H groups in total. The summed E-state index contributed by atoms with van der Waals surface area (Å²) in [6.45, 7) is 2.47. The van der Waals surface area contributed by atoms with Crippen molar-refractivity contribution >= 4 is 23.4 Å². The number of fused-ring (bicyclic) bond motifs is 2. The predicted molar refractivity (Wildman–Crippen MR) is 130 cm³/mol. The van der Waals surface area contributed by atoms with Crippen LogP contribution in [-0.4, -0.2) is 22.4 Å². The van der Waals surface area contributed by atoms with Gasteiger partial charge in [-0.05, 0) is 42.7 Å². The van der Waals surface area contributed by atoms with E-state index in [2.05, 4.69) is 15.3 Å². The quantitative estimate of drug-likeness (QED) is 0.383. The fourth-order valence-corrected chi connectivity index (χ4v) is 5.44. The molecule has 6 nitrogen and oxygen atoms in total. The minimum absolute atomic E-state index is 0.104. The highest BCUT2D eigenvalue weighted by Crippen LogP contribution is 2.45. The maximum Gasteiger partial charge on any atom is 0.257 e. The second-order valence-corrected chi connectivity index (χ2v) is 9.22. The number of ketones is 1. The molecule has 0 fully saturated rings. The molecule has 2 aliphatic rings. The van der Waals surface area contributed by atoms with Crippen LogP contribution in [0.3, 0.4) is 0 Å². The minimum Gasteiger partial charge on any atom is -0.494 e. The van der Waals surface area contributed by atoms with Crippen molar-refractivity contribution in [2.24, 2.45) is 5.92 Å². The third kappa shape index (κ3) is 4.25. The average molecular weight is 478 g/mol. The van der Waals surface area contributed by atoms with Gasteiger partial charge in [0.1, 0.15) is 23.2 Å². The third-order valence-electron chi connectivity index (χ3n) is 6.15. The van der Waals surface area contributed by atoms with Crippen LogP contribution in [0.15, 0.2) is 70.3 Å². The number of carbonyl (C=O) groups is 1.